The molecule has 25 heavy (non-hydrogen) atoms. The third kappa shape index (κ3) is 4.11. The van der Waals surface area contributed by atoms with Crippen LogP contribution in [0, 0.1) is 17.6 Å². The molecule has 0 bridgehead atoms. The number of nitrogens with zero attached hydrogens (tertiary/aromatic N) is 2. The lowest BCUT2D eigenvalue weighted by atomic mass is 10.1. The Morgan fingerprint density at radius 2 is 2.16 bits per heavy atom. The van der Waals surface area contributed by atoms with Crippen LogP contribution in [0.1, 0.15) is 22.5 Å². The van der Waals surface area contributed by atoms with Crippen molar-refractivity contribution in [2.75, 3.05) is 24.5 Å². The molecule has 5 nitrogen and oxygen atoms in total. The number of carbonyl (C=O) groups is 1. The van der Waals surface area contributed by atoms with E-state index in [4.69, 9.17) is 5.11 Å². The Morgan fingerprint density at radius 1 is 1.32 bits per heavy atom. The second-order valence-corrected chi connectivity index (χ2v) is 6.10. The van der Waals surface area contributed by atoms with E-state index in [9.17, 15) is 13.6 Å². The largest absolute Gasteiger partial charge is 0.390 e. The fourth-order valence-electron chi connectivity index (χ4n) is 3.00. The SMILES string of the molecule is O=C(NCC1CCN(c2ccc(F)cc2F)C1)c1ccnc(CO)c1. The summed E-state index contributed by atoms with van der Waals surface area (Å²) in [5.41, 5.74) is 1.27. The number of aliphatic hydroxyl groups excluding tert-OH is 1. The van der Waals surface area contributed by atoms with E-state index < -0.39 is 11.6 Å². The molecule has 1 aromatic carbocycles. The number of carbonyl (C=O) groups excluding carboxylic acids is 1. The summed E-state index contributed by atoms with van der Waals surface area (Å²) in [6.45, 7) is 1.50. The van der Waals surface area contributed by atoms with Gasteiger partial charge in [-0.1, -0.05) is 0 Å². The molecule has 0 spiro atoms. The molecule has 1 aliphatic rings. The summed E-state index contributed by atoms with van der Waals surface area (Å²) in [5, 5.41) is 11.9. The molecule has 132 valence electrons. The number of amides is 1. The van der Waals surface area contributed by atoms with Gasteiger partial charge in [-0.25, -0.2) is 8.78 Å². The summed E-state index contributed by atoms with van der Waals surface area (Å²) in [5.74, 6) is -1.21. The van der Waals surface area contributed by atoms with Crippen molar-refractivity contribution in [2.45, 2.75) is 13.0 Å². The Balaban J connectivity index is 1.55. The molecular formula is C18H19F2N3O2. The monoisotopic (exact) mass is 347 g/mol. The number of aromatic nitrogens is 1. The minimum atomic E-state index is -0.594. The van der Waals surface area contributed by atoms with Crippen molar-refractivity contribution < 1.29 is 18.7 Å². The van der Waals surface area contributed by atoms with Gasteiger partial charge in [-0.15, -0.1) is 0 Å². The first-order chi connectivity index (χ1) is 12.1. The predicted molar refractivity (Wildman–Crippen MR) is 89.2 cm³/mol. The van der Waals surface area contributed by atoms with Crippen LogP contribution in [0.3, 0.4) is 0 Å². The van der Waals surface area contributed by atoms with Gasteiger partial charge < -0.3 is 15.3 Å². The van der Waals surface area contributed by atoms with Gasteiger partial charge in [0.25, 0.3) is 5.91 Å². The van der Waals surface area contributed by atoms with Gasteiger partial charge in [-0.2, -0.15) is 0 Å². The number of rotatable bonds is 5. The molecule has 3 rings (SSSR count). The number of anilines is 1. The van der Waals surface area contributed by atoms with E-state index in [-0.39, 0.29) is 18.4 Å². The van der Waals surface area contributed by atoms with E-state index in [0.717, 1.165) is 12.5 Å². The average molecular weight is 347 g/mol. The second-order valence-electron chi connectivity index (χ2n) is 6.10. The molecule has 1 aliphatic heterocycles. The standard InChI is InChI=1S/C18H19F2N3O2/c19-14-1-2-17(16(20)8-14)23-6-4-12(10-23)9-22-18(25)13-3-5-21-15(7-13)11-24/h1-3,5,7-8,12,24H,4,6,9-11H2,(H,22,25). The van der Waals surface area contributed by atoms with Crippen molar-refractivity contribution in [2.24, 2.45) is 5.92 Å². The molecule has 1 atom stereocenters. The van der Waals surface area contributed by atoms with Crippen LogP contribution in [0.15, 0.2) is 36.5 Å². The zero-order valence-corrected chi connectivity index (χ0v) is 13.6. The van der Waals surface area contributed by atoms with E-state index in [0.29, 0.717) is 36.6 Å². The third-order valence-corrected chi connectivity index (χ3v) is 4.33. The number of hydrogen-bond acceptors (Lipinski definition) is 4. The summed E-state index contributed by atoms with van der Waals surface area (Å²) in [4.78, 5) is 18.0. The fraction of sp³-hybridized carbons (Fsp3) is 0.333. The Kier molecular flexibility index (Phi) is 5.23. The van der Waals surface area contributed by atoms with Crippen molar-refractivity contribution in [1.82, 2.24) is 10.3 Å². The molecule has 0 saturated carbocycles. The highest BCUT2D eigenvalue weighted by Crippen LogP contribution is 2.26. The minimum Gasteiger partial charge on any atom is -0.390 e. The number of halogens is 2. The lowest BCUT2D eigenvalue weighted by Crippen LogP contribution is -2.31. The maximum Gasteiger partial charge on any atom is 0.251 e. The first-order valence-corrected chi connectivity index (χ1v) is 8.11. The van der Waals surface area contributed by atoms with Gasteiger partial charge in [-0.3, -0.25) is 9.78 Å². The zero-order chi connectivity index (χ0) is 17.8. The van der Waals surface area contributed by atoms with E-state index >= 15 is 0 Å². The van der Waals surface area contributed by atoms with Crippen molar-refractivity contribution >= 4 is 11.6 Å². The van der Waals surface area contributed by atoms with Crippen LogP contribution in [-0.4, -0.2) is 35.6 Å². The maximum absolute atomic E-state index is 13.9. The first-order valence-electron chi connectivity index (χ1n) is 8.11. The Labute approximate surface area is 144 Å². The summed E-state index contributed by atoms with van der Waals surface area (Å²) in [6.07, 6.45) is 2.30. The smallest absolute Gasteiger partial charge is 0.251 e. The highest BCUT2D eigenvalue weighted by atomic mass is 19.1. The lowest BCUT2D eigenvalue weighted by Gasteiger charge is -2.19. The van der Waals surface area contributed by atoms with Crippen molar-refractivity contribution in [3.8, 4) is 0 Å². The quantitative estimate of drug-likeness (QED) is 0.869. The van der Waals surface area contributed by atoms with Crippen LogP contribution in [0.2, 0.25) is 0 Å². The van der Waals surface area contributed by atoms with E-state index in [1.54, 1.807) is 12.1 Å². The van der Waals surface area contributed by atoms with Crippen molar-refractivity contribution in [3.63, 3.8) is 0 Å². The Hall–Kier alpha value is -2.54. The van der Waals surface area contributed by atoms with Crippen LogP contribution in [0.5, 0.6) is 0 Å². The van der Waals surface area contributed by atoms with Gasteiger partial charge >= 0.3 is 0 Å². The van der Waals surface area contributed by atoms with Crippen molar-refractivity contribution in [1.29, 1.82) is 0 Å². The molecule has 1 saturated heterocycles. The zero-order valence-electron chi connectivity index (χ0n) is 13.6. The van der Waals surface area contributed by atoms with Crippen LogP contribution in [-0.2, 0) is 6.61 Å². The van der Waals surface area contributed by atoms with Gasteiger partial charge in [0.2, 0.25) is 0 Å². The van der Waals surface area contributed by atoms with E-state index in [2.05, 4.69) is 10.3 Å². The molecule has 7 heteroatoms. The Morgan fingerprint density at radius 3 is 2.92 bits per heavy atom. The average Bonchev–Trinajstić information content (AvgIpc) is 3.08. The van der Waals surface area contributed by atoms with Gasteiger partial charge in [0.1, 0.15) is 11.6 Å². The molecule has 1 unspecified atom stereocenters. The van der Waals surface area contributed by atoms with E-state index in [1.165, 1.54) is 18.3 Å². The number of benzene rings is 1. The number of pyridine rings is 1. The molecule has 1 fully saturated rings. The predicted octanol–water partition coefficient (Wildman–Crippen LogP) is 2.11. The molecule has 2 heterocycles. The molecule has 0 radical (unpaired) electrons. The third-order valence-electron chi connectivity index (χ3n) is 4.33. The number of nitrogens with one attached hydrogen (secondary N) is 1. The van der Waals surface area contributed by atoms with Gasteiger partial charge in [0, 0.05) is 37.5 Å². The number of aliphatic hydroxyl groups is 1. The van der Waals surface area contributed by atoms with Gasteiger partial charge in [0.15, 0.2) is 0 Å². The summed E-state index contributed by atoms with van der Waals surface area (Å²) in [6, 6.07) is 6.70. The molecule has 2 aromatic rings. The van der Waals surface area contributed by atoms with Crippen LogP contribution in [0.4, 0.5) is 14.5 Å². The van der Waals surface area contributed by atoms with E-state index in [1.807, 2.05) is 4.90 Å². The highest BCUT2D eigenvalue weighted by Gasteiger charge is 2.25. The number of hydrogen-bond donors (Lipinski definition) is 2. The van der Waals surface area contributed by atoms with Crippen molar-refractivity contribution in [3.05, 3.63) is 59.4 Å². The molecule has 1 aromatic heterocycles. The van der Waals surface area contributed by atoms with Crippen LogP contribution < -0.4 is 10.2 Å². The topological polar surface area (TPSA) is 65.5 Å². The molecule has 2 N–H and O–H groups in total. The Bertz CT molecular complexity index is 770. The molecular weight excluding hydrogens is 328 g/mol. The van der Waals surface area contributed by atoms with Gasteiger partial charge in [0.05, 0.1) is 18.0 Å². The highest BCUT2D eigenvalue weighted by molar-refractivity contribution is 5.94. The van der Waals surface area contributed by atoms with Crippen LogP contribution in [0.25, 0.3) is 0 Å². The second kappa shape index (κ2) is 7.57. The lowest BCUT2D eigenvalue weighted by molar-refractivity contribution is 0.0948. The first kappa shape index (κ1) is 17.3. The summed E-state index contributed by atoms with van der Waals surface area (Å²) in [7, 11) is 0. The fourth-order valence-corrected chi connectivity index (χ4v) is 3.00. The van der Waals surface area contributed by atoms with Crippen LogP contribution >= 0.6 is 0 Å². The minimum absolute atomic E-state index is 0.188. The normalized spacial score (nSPS) is 16.9. The maximum atomic E-state index is 13.9. The summed E-state index contributed by atoms with van der Waals surface area (Å²) < 4.78 is 26.9. The summed E-state index contributed by atoms with van der Waals surface area (Å²) >= 11 is 0. The molecule has 1 amide bonds. The molecule has 0 aliphatic carbocycles. The van der Waals surface area contributed by atoms with Gasteiger partial charge in [-0.05, 0) is 36.6 Å².